The third-order valence-electron chi connectivity index (χ3n) is 5.55. The number of rotatable bonds is 12. The number of aromatic nitrogens is 2. The van der Waals surface area contributed by atoms with Gasteiger partial charge in [-0.15, -0.1) is 23.5 Å². The minimum Gasteiger partial charge on any atom is -0.478 e. The fourth-order valence-electron chi connectivity index (χ4n) is 3.99. The first-order valence-electron chi connectivity index (χ1n) is 13.3. The number of aryl methyl sites for hydroxylation is 2. The van der Waals surface area contributed by atoms with E-state index in [1.807, 2.05) is 23.5 Å². The van der Waals surface area contributed by atoms with E-state index in [4.69, 9.17) is 21.7 Å². The third-order valence-corrected chi connectivity index (χ3v) is 7.70. The maximum atomic E-state index is 9.55. The van der Waals surface area contributed by atoms with Crippen LogP contribution in [0.2, 0.25) is 0 Å². The predicted molar refractivity (Wildman–Crippen MR) is 168 cm³/mol. The van der Waals surface area contributed by atoms with Crippen LogP contribution in [0, 0.1) is 0 Å². The fraction of sp³-hybridized carbons (Fsp3) is 0.333. The van der Waals surface area contributed by atoms with Crippen molar-refractivity contribution in [1.29, 1.82) is 0 Å². The second-order valence-corrected chi connectivity index (χ2v) is 11.0. The highest BCUT2D eigenvalue weighted by Crippen LogP contribution is 2.30. The van der Waals surface area contributed by atoms with Crippen LogP contribution in [0.5, 0.6) is 0 Å². The van der Waals surface area contributed by atoms with Crippen molar-refractivity contribution in [1.82, 2.24) is 9.13 Å². The lowest BCUT2D eigenvalue weighted by atomic mass is 10.2. The Morgan fingerprint density at radius 1 is 0.725 bits per heavy atom. The zero-order chi connectivity index (χ0) is 29.3. The molecule has 0 aliphatic rings. The quantitative estimate of drug-likeness (QED) is 0.119. The molecule has 0 aliphatic heterocycles. The van der Waals surface area contributed by atoms with Crippen molar-refractivity contribution in [3.63, 3.8) is 0 Å². The summed E-state index contributed by atoms with van der Waals surface area (Å²) in [6.45, 7) is 8.06. The number of carbonyl (C=O) groups is 2. The van der Waals surface area contributed by atoms with Gasteiger partial charge in [0.05, 0.1) is 0 Å². The van der Waals surface area contributed by atoms with Gasteiger partial charge in [-0.25, -0.2) is 9.59 Å². The molecule has 6 N–H and O–H groups in total. The number of para-hydroxylation sites is 2. The molecule has 10 heteroatoms. The van der Waals surface area contributed by atoms with Crippen LogP contribution in [0.3, 0.4) is 0 Å². The summed E-state index contributed by atoms with van der Waals surface area (Å²) in [5.41, 5.74) is 13.8. The maximum absolute atomic E-state index is 9.55. The summed E-state index contributed by atoms with van der Waals surface area (Å²) in [7, 11) is 0. The Balaban J connectivity index is 0.000000224. The molecule has 2 aromatic heterocycles. The van der Waals surface area contributed by atoms with Gasteiger partial charge < -0.3 is 30.8 Å². The smallest absolute Gasteiger partial charge is 0.328 e. The van der Waals surface area contributed by atoms with Gasteiger partial charge in [-0.05, 0) is 25.0 Å². The van der Waals surface area contributed by atoms with Gasteiger partial charge in [0, 0.05) is 93.8 Å². The molecular weight excluding hydrogens is 544 g/mol. The van der Waals surface area contributed by atoms with Gasteiger partial charge in [-0.2, -0.15) is 0 Å². The van der Waals surface area contributed by atoms with E-state index >= 15 is 0 Å². The Kier molecular flexibility index (Phi) is 15.0. The van der Waals surface area contributed by atoms with Gasteiger partial charge in [0.25, 0.3) is 0 Å². The molecule has 4 aromatic rings. The summed E-state index contributed by atoms with van der Waals surface area (Å²) >= 11 is 3.70. The van der Waals surface area contributed by atoms with Gasteiger partial charge in [-0.1, -0.05) is 50.2 Å². The summed E-state index contributed by atoms with van der Waals surface area (Å²) in [5, 5.41) is 18.3. The van der Waals surface area contributed by atoms with Crippen molar-refractivity contribution in [2.24, 2.45) is 11.5 Å². The van der Waals surface area contributed by atoms with Crippen LogP contribution in [0.15, 0.2) is 82.9 Å². The van der Waals surface area contributed by atoms with E-state index in [1.54, 1.807) is 0 Å². The maximum Gasteiger partial charge on any atom is 0.328 e. The van der Waals surface area contributed by atoms with Crippen molar-refractivity contribution < 1.29 is 19.8 Å². The van der Waals surface area contributed by atoms with Gasteiger partial charge in [0.1, 0.15) is 0 Å². The molecule has 216 valence electrons. The van der Waals surface area contributed by atoms with Crippen molar-refractivity contribution in [3.8, 4) is 0 Å². The first-order chi connectivity index (χ1) is 19.4. The molecule has 0 fully saturated rings. The third kappa shape index (κ3) is 10.4. The van der Waals surface area contributed by atoms with Crippen LogP contribution in [-0.4, -0.2) is 55.9 Å². The molecule has 40 heavy (non-hydrogen) atoms. The van der Waals surface area contributed by atoms with Crippen LogP contribution in [0.1, 0.15) is 26.7 Å². The number of hydrogen-bond acceptors (Lipinski definition) is 6. The number of thioether (sulfide) groups is 2. The topological polar surface area (TPSA) is 136 Å². The number of carboxylic acid groups (broad SMARTS) is 2. The van der Waals surface area contributed by atoms with Crippen LogP contribution in [-0.2, 0) is 22.7 Å². The van der Waals surface area contributed by atoms with Crippen molar-refractivity contribution in [2.75, 3.05) is 24.6 Å². The van der Waals surface area contributed by atoms with E-state index in [9.17, 15) is 9.59 Å². The van der Waals surface area contributed by atoms with E-state index in [1.165, 1.54) is 44.4 Å². The molecule has 0 radical (unpaired) electrons. The molecule has 0 unspecified atom stereocenters. The highest BCUT2D eigenvalue weighted by molar-refractivity contribution is 7.99. The zero-order valence-electron chi connectivity index (χ0n) is 23.2. The molecule has 2 heterocycles. The molecule has 0 spiro atoms. The van der Waals surface area contributed by atoms with Crippen LogP contribution in [0.4, 0.5) is 0 Å². The summed E-state index contributed by atoms with van der Waals surface area (Å²) in [4.78, 5) is 21.8. The van der Waals surface area contributed by atoms with Crippen molar-refractivity contribution in [2.45, 2.75) is 49.6 Å². The summed E-state index contributed by atoms with van der Waals surface area (Å²) in [6, 6.07) is 17.2. The Labute approximate surface area is 244 Å². The summed E-state index contributed by atoms with van der Waals surface area (Å²) in [6.07, 6.45) is 7.97. The molecular formula is C30H40N4O4S2. The molecule has 0 amide bonds. The Morgan fingerprint density at radius 3 is 1.43 bits per heavy atom. The Morgan fingerprint density at radius 2 is 1.10 bits per heavy atom. The van der Waals surface area contributed by atoms with Gasteiger partial charge in [-0.3, -0.25) is 0 Å². The number of fused-ring (bicyclic) bond motifs is 2. The number of hydrogen-bond donors (Lipinski definition) is 4. The highest BCUT2D eigenvalue weighted by Gasteiger charge is 2.08. The van der Waals surface area contributed by atoms with Gasteiger partial charge in [0.2, 0.25) is 0 Å². The Hall–Kier alpha value is -3.18. The van der Waals surface area contributed by atoms with Crippen LogP contribution >= 0.6 is 23.5 Å². The van der Waals surface area contributed by atoms with E-state index < -0.39 is 11.9 Å². The molecule has 0 saturated heterocycles. The van der Waals surface area contributed by atoms with E-state index in [2.05, 4.69) is 83.9 Å². The minimum absolute atomic E-state index is 0.558. The SMILES string of the molecule is CCCn1cc(SCCN)c2ccccc21.CCCn1cc(SCCN)c2ccccc21.O=C(O)C=CC(=O)O. The minimum atomic E-state index is -1.26. The van der Waals surface area contributed by atoms with Gasteiger partial charge >= 0.3 is 11.9 Å². The first-order valence-corrected chi connectivity index (χ1v) is 15.3. The largest absolute Gasteiger partial charge is 0.478 e. The van der Waals surface area contributed by atoms with E-state index in [0.29, 0.717) is 12.2 Å². The van der Waals surface area contributed by atoms with Crippen LogP contribution < -0.4 is 11.5 Å². The van der Waals surface area contributed by atoms with Crippen molar-refractivity contribution >= 4 is 57.3 Å². The lowest BCUT2D eigenvalue weighted by Crippen LogP contribution is -2.00. The number of benzene rings is 2. The predicted octanol–water partition coefficient (Wildman–Crippen LogP) is 5.92. The molecule has 4 rings (SSSR count). The second kappa shape index (κ2) is 18.2. The average molecular weight is 585 g/mol. The highest BCUT2D eigenvalue weighted by atomic mass is 32.2. The fourth-order valence-corrected chi connectivity index (χ4v) is 5.72. The average Bonchev–Trinajstić information content (AvgIpc) is 3.49. The monoisotopic (exact) mass is 584 g/mol. The summed E-state index contributed by atoms with van der Waals surface area (Å²) < 4.78 is 4.68. The van der Waals surface area contributed by atoms with Crippen LogP contribution in [0.25, 0.3) is 21.8 Å². The second-order valence-electron chi connectivity index (χ2n) is 8.69. The molecule has 2 aromatic carbocycles. The standard InChI is InChI=1S/2C13H18N2S.C4H4O4/c2*1-2-8-15-10-13(16-9-7-14)11-5-3-4-6-12(11)15;5-3(6)1-2-4(7)8/h2*3-6,10H,2,7-9,14H2,1H3;1-2H,(H,5,6)(H,7,8). The van der Waals surface area contributed by atoms with E-state index in [-0.39, 0.29) is 0 Å². The van der Waals surface area contributed by atoms with Crippen molar-refractivity contribution in [3.05, 3.63) is 73.1 Å². The lowest BCUT2D eigenvalue weighted by molar-refractivity contribution is -0.134. The molecule has 0 aliphatic carbocycles. The normalized spacial score (nSPS) is 10.8. The molecule has 0 bridgehead atoms. The van der Waals surface area contributed by atoms with E-state index in [0.717, 1.165) is 37.7 Å². The number of nitrogens with two attached hydrogens (primary N) is 2. The lowest BCUT2D eigenvalue weighted by Gasteiger charge is -2.00. The number of nitrogens with zero attached hydrogens (tertiary/aromatic N) is 2. The molecule has 8 nitrogen and oxygen atoms in total. The van der Waals surface area contributed by atoms with Gasteiger partial charge in [0.15, 0.2) is 0 Å². The molecule has 0 saturated carbocycles. The zero-order valence-corrected chi connectivity index (χ0v) is 24.8. The molecule has 0 atom stereocenters. The number of carboxylic acids is 2. The number of aliphatic carboxylic acids is 2. The first kappa shape index (κ1) is 33.0. The Bertz CT molecular complexity index is 1280. The summed E-state index contributed by atoms with van der Waals surface area (Å²) in [5.74, 6) is -0.542.